The zero-order valence-electron chi connectivity index (χ0n) is 16.9. The van der Waals surface area contributed by atoms with Crippen LogP contribution in [0.2, 0.25) is 5.02 Å². The highest BCUT2D eigenvalue weighted by Gasteiger charge is 2.24. The first-order valence-electron chi connectivity index (χ1n) is 9.84. The Morgan fingerprint density at radius 2 is 1.69 bits per heavy atom. The van der Waals surface area contributed by atoms with Crippen LogP contribution in [0, 0.1) is 0 Å². The van der Waals surface area contributed by atoms with Gasteiger partial charge in [0.15, 0.2) is 11.6 Å². The van der Waals surface area contributed by atoms with Crippen molar-refractivity contribution >= 4 is 29.5 Å². The SMILES string of the molecule is O=CNc1cccc(-n2c(CO)nnc2Cc2ccccc2)c1C(=O)c1ccccc1Cl. The Bertz CT molecular complexity index is 1270. The number of carbonyl (C=O) groups excluding carboxylic acids is 2. The number of aromatic nitrogens is 3. The summed E-state index contributed by atoms with van der Waals surface area (Å²) in [6.07, 6.45) is 0.936. The van der Waals surface area contributed by atoms with Crippen LogP contribution >= 0.6 is 11.6 Å². The number of carbonyl (C=O) groups is 2. The minimum Gasteiger partial charge on any atom is -0.388 e. The standard InChI is InChI=1S/C24H19ClN4O3/c25-18-10-5-4-9-17(18)24(32)23-19(26-15-31)11-6-12-20(23)29-21(27-28-22(29)14-30)13-16-7-2-1-3-8-16/h1-12,15,30H,13-14H2,(H,26,31). The van der Waals surface area contributed by atoms with E-state index in [-0.39, 0.29) is 23.8 Å². The Morgan fingerprint density at radius 3 is 2.41 bits per heavy atom. The number of amides is 1. The largest absolute Gasteiger partial charge is 0.388 e. The summed E-state index contributed by atoms with van der Waals surface area (Å²) in [6, 6.07) is 21.4. The molecule has 1 aromatic heterocycles. The molecule has 4 aromatic rings. The lowest BCUT2D eigenvalue weighted by molar-refractivity contribution is -0.105. The molecule has 0 aliphatic carbocycles. The van der Waals surface area contributed by atoms with Gasteiger partial charge in [0.2, 0.25) is 6.41 Å². The number of nitrogens with one attached hydrogen (secondary N) is 1. The first-order chi connectivity index (χ1) is 15.6. The van der Waals surface area contributed by atoms with Gasteiger partial charge >= 0.3 is 0 Å². The quantitative estimate of drug-likeness (QED) is 0.317. The molecule has 1 amide bonds. The second-order valence-electron chi connectivity index (χ2n) is 6.96. The minimum absolute atomic E-state index is 0.219. The molecule has 0 unspecified atom stereocenters. The van der Waals surface area contributed by atoms with Crippen molar-refractivity contribution in [3.63, 3.8) is 0 Å². The van der Waals surface area contributed by atoms with Crippen LogP contribution in [0.15, 0.2) is 72.8 Å². The summed E-state index contributed by atoms with van der Waals surface area (Å²) < 4.78 is 1.65. The summed E-state index contributed by atoms with van der Waals surface area (Å²) in [6.45, 7) is -0.382. The van der Waals surface area contributed by atoms with Crippen molar-refractivity contribution in [2.45, 2.75) is 13.0 Å². The molecule has 0 spiro atoms. The van der Waals surface area contributed by atoms with Gasteiger partial charge < -0.3 is 10.4 Å². The maximum absolute atomic E-state index is 13.6. The fraction of sp³-hybridized carbons (Fsp3) is 0.0833. The number of anilines is 1. The van der Waals surface area contributed by atoms with Crippen LogP contribution in [0.25, 0.3) is 5.69 Å². The van der Waals surface area contributed by atoms with E-state index in [4.69, 9.17) is 11.6 Å². The van der Waals surface area contributed by atoms with Crippen LogP contribution in [0.4, 0.5) is 5.69 Å². The van der Waals surface area contributed by atoms with Gasteiger partial charge in [-0.2, -0.15) is 0 Å². The lowest BCUT2D eigenvalue weighted by Gasteiger charge is -2.17. The highest BCUT2D eigenvalue weighted by Crippen LogP contribution is 2.30. The van der Waals surface area contributed by atoms with Crippen LogP contribution in [-0.2, 0) is 17.8 Å². The summed E-state index contributed by atoms with van der Waals surface area (Å²) in [5, 5.41) is 21.2. The third-order valence-electron chi connectivity index (χ3n) is 4.99. The first-order valence-corrected chi connectivity index (χ1v) is 10.2. The van der Waals surface area contributed by atoms with E-state index in [0.29, 0.717) is 40.6 Å². The van der Waals surface area contributed by atoms with Crippen molar-refractivity contribution < 1.29 is 14.7 Å². The van der Waals surface area contributed by atoms with E-state index < -0.39 is 0 Å². The average Bonchev–Trinajstić information content (AvgIpc) is 3.22. The van der Waals surface area contributed by atoms with E-state index in [2.05, 4.69) is 15.5 Å². The Balaban J connectivity index is 1.92. The smallest absolute Gasteiger partial charge is 0.211 e. The molecule has 0 saturated heterocycles. The highest BCUT2D eigenvalue weighted by molar-refractivity contribution is 6.35. The predicted octanol–water partition coefficient (Wildman–Crippen LogP) is 3.80. The minimum atomic E-state index is -0.382. The number of nitrogens with zero attached hydrogens (tertiary/aromatic N) is 3. The van der Waals surface area contributed by atoms with Gasteiger partial charge in [0.25, 0.3) is 0 Å². The molecule has 0 saturated carbocycles. The number of benzene rings is 3. The predicted molar refractivity (Wildman–Crippen MR) is 121 cm³/mol. The third kappa shape index (κ3) is 4.16. The third-order valence-corrected chi connectivity index (χ3v) is 5.32. The van der Waals surface area contributed by atoms with E-state index in [1.165, 1.54) is 0 Å². The van der Waals surface area contributed by atoms with Crippen LogP contribution in [0.1, 0.15) is 33.1 Å². The molecule has 0 atom stereocenters. The maximum atomic E-state index is 13.6. The molecule has 3 aromatic carbocycles. The lowest BCUT2D eigenvalue weighted by Crippen LogP contribution is -2.15. The number of rotatable bonds is 8. The number of halogens is 1. The van der Waals surface area contributed by atoms with Crippen LogP contribution in [0.3, 0.4) is 0 Å². The van der Waals surface area contributed by atoms with E-state index in [1.54, 1.807) is 47.0 Å². The monoisotopic (exact) mass is 446 g/mol. The Morgan fingerprint density at radius 1 is 0.969 bits per heavy atom. The summed E-state index contributed by atoms with van der Waals surface area (Å²) in [4.78, 5) is 24.9. The van der Waals surface area contributed by atoms with Gasteiger partial charge in [0.05, 0.1) is 22.0 Å². The molecular weight excluding hydrogens is 428 g/mol. The molecular formula is C24H19ClN4O3. The number of hydrogen-bond acceptors (Lipinski definition) is 5. The Kier molecular flexibility index (Phi) is 6.39. The topological polar surface area (TPSA) is 97.1 Å². The van der Waals surface area contributed by atoms with E-state index >= 15 is 0 Å². The maximum Gasteiger partial charge on any atom is 0.211 e. The molecule has 160 valence electrons. The van der Waals surface area contributed by atoms with E-state index in [9.17, 15) is 14.7 Å². The Hall–Kier alpha value is -3.81. The van der Waals surface area contributed by atoms with Crippen molar-refractivity contribution in [2.75, 3.05) is 5.32 Å². The molecule has 0 aliphatic rings. The molecule has 7 nitrogen and oxygen atoms in total. The van der Waals surface area contributed by atoms with Gasteiger partial charge in [-0.25, -0.2) is 0 Å². The average molecular weight is 447 g/mol. The molecule has 0 fully saturated rings. The fourth-order valence-electron chi connectivity index (χ4n) is 3.56. The zero-order valence-corrected chi connectivity index (χ0v) is 17.7. The van der Waals surface area contributed by atoms with E-state index in [0.717, 1.165) is 5.56 Å². The molecule has 0 radical (unpaired) electrons. The van der Waals surface area contributed by atoms with Crippen molar-refractivity contribution in [1.29, 1.82) is 0 Å². The van der Waals surface area contributed by atoms with Crippen molar-refractivity contribution in [3.8, 4) is 5.69 Å². The first kappa shape index (κ1) is 21.4. The lowest BCUT2D eigenvalue weighted by atomic mass is 9.99. The molecule has 0 aliphatic heterocycles. The Labute approximate surface area is 189 Å². The van der Waals surface area contributed by atoms with Crippen LogP contribution in [0.5, 0.6) is 0 Å². The highest BCUT2D eigenvalue weighted by atomic mass is 35.5. The van der Waals surface area contributed by atoms with Gasteiger partial charge in [0.1, 0.15) is 12.4 Å². The number of aliphatic hydroxyl groups is 1. The van der Waals surface area contributed by atoms with Crippen molar-refractivity contribution in [2.24, 2.45) is 0 Å². The van der Waals surface area contributed by atoms with Crippen molar-refractivity contribution in [3.05, 3.63) is 106 Å². The molecule has 2 N–H and O–H groups in total. The van der Waals surface area contributed by atoms with Crippen LogP contribution in [-0.4, -0.2) is 32.1 Å². The van der Waals surface area contributed by atoms with Gasteiger partial charge in [-0.3, -0.25) is 14.2 Å². The van der Waals surface area contributed by atoms with Gasteiger partial charge in [-0.15, -0.1) is 10.2 Å². The van der Waals surface area contributed by atoms with Gasteiger partial charge in [-0.05, 0) is 29.8 Å². The number of aliphatic hydroxyl groups excluding tert-OH is 1. The van der Waals surface area contributed by atoms with E-state index in [1.807, 2.05) is 30.3 Å². The molecule has 4 rings (SSSR count). The van der Waals surface area contributed by atoms with Gasteiger partial charge in [-0.1, -0.05) is 60.1 Å². The van der Waals surface area contributed by atoms with Crippen LogP contribution < -0.4 is 5.32 Å². The fourth-order valence-corrected chi connectivity index (χ4v) is 3.78. The summed E-state index contributed by atoms with van der Waals surface area (Å²) in [7, 11) is 0. The second-order valence-corrected chi connectivity index (χ2v) is 7.37. The summed E-state index contributed by atoms with van der Waals surface area (Å²) in [5.41, 5.74) is 2.24. The normalized spacial score (nSPS) is 10.7. The second kappa shape index (κ2) is 9.55. The molecule has 1 heterocycles. The summed E-state index contributed by atoms with van der Waals surface area (Å²) >= 11 is 6.29. The van der Waals surface area contributed by atoms with Gasteiger partial charge in [0, 0.05) is 12.0 Å². The molecule has 8 heteroatoms. The molecule has 0 bridgehead atoms. The molecule has 32 heavy (non-hydrogen) atoms. The number of hydrogen-bond donors (Lipinski definition) is 2. The number of ketones is 1. The summed E-state index contributed by atoms with van der Waals surface area (Å²) in [5.74, 6) is 0.433. The zero-order chi connectivity index (χ0) is 22.5. The van der Waals surface area contributed by atoms with Crippen molar-refractivity contribution in [1.82, 2.24) is 14.8 Å².